The number of imidazole rings is 1. The Hall–Kier alpha value is -1.55. The van der Waals surface area contributed by atoms with Crippen LogP contribution in [0.1, 0.15) is 17.1 Å². The molecule has 0 fully saturated rings. The molecule has 94 valence electrons. The molecule has 0 aliphatic carbocycles. The maximum atomic E-state index is 6.30. The highest BCUT2D eigenvalue weighted by atomic mass is 28.4. The average Bonchev–Trinajstić information content (AvgIpc) is 2.54. The average molecular weight is 258 g/mol. The maximum Gasteiger partial charge on any atom is 0.295 e. The topological polar surface area (TPSA) is 27.1 Å². The molecule has 1 aliphatic heterocycles. The van der Waals surface area contributed by atoms with Gasteiger partial charge in [0.2, 0.25) is 0 Å². The van der Waals surface area contributed by atoms with Crippen LogP contribution in [0.25, 0.3) is 5.69 Å². The lowest BCUT2D eigenvalue weighted by Gasteiger charge is -2.33. The van der Waals surface area contributed by atoms with Crippen molar-refractivity contribution in [2.45, 2.75) is 33.9 Å². The van der Waals surface area contributed by atoms with E-state index >= 15 is 0 Å². The van der Waals surface area contributed by atoms with Crippen LogP contribution in [0.3, 0.4) is 0 Å². The first-order valence-corrected chi connectivity index (χ1v) is 9.18. The van der Waals surface area contributed by atoms with Gasteiger partial charge in [-0.05, 0) is 45.5 Å². The normalized spacial score (nSPS) is 15.8. The molecule has 0 saturated carbocycles. The fourth-order valence-electron chi connectivity index (χ4n) is 2.97. The first-order chi connectivity index (χ1) is 8.42. The van der Waals surface area contributed by atoms with Crippen molar-refractivity contribution in [3.63, 3.8) is 0 Å². The Kier molecular flexibility index (Phi) is 2.23. The Balaban J connectivity index is 2.43. The fourth-order valence-corrected chi connectivity index (χ4v) is 5.52. The van der Waals surface area contributed by atoms with Crippen LogP contribution in [-0.2, 0) is 0 Å². The second kappa shape index (κ2) is 3.48. The molecule has 1 aromatic carbocycles. The molecule has 18 heavy (non-hydrogen) atoms. The summed E-state index contributed by atoms with van der Waals surface area (Å²) in [5, 5.41) is 1.29. The van der Waals surface area contributed by atoms with Crippen molar-refractivity contribution in [2.75, 3.05) is 0 Å². The summed E-state index contributed by atoms with van der Waals surface area (Å²) in [6.45, 7) is 10.7. The first kappa shape index (κ1) is 11.5. The van der Waals surface area contributed by atoms with E-state index in [0.717, 1.165) is 23.0 Å². The van der Waals surface area contributed by atoms with Crippen molar-refractivity contribution in [1.82, 2.24) is 9.55 Å². The number of para-hydroxylation sites is 1. The lowest BCUT2D eigenvalue weighted by molar-refractivity contribution is 0.545. The van der Waals surface area contributed by atoms with E-state index in [9.17, 15) is 0 Å². The van der Waals surface area contributed by atoms with E-state index in [1.165, 1.54) is 10.9 Å². The Morgan fingerprint density at radius 1 is 1.17 bits per heavy atom. The van der Waals surface area contributed by atoms with Crippen LogP contribution in [0.15, 0.2) is 18.2 Å². The number of benzene rings is 1. The van der Waals surface area contributed by atoms with E-state index in [1.807, 2.05) is 0 Å². The summed E-state index contributed by atoms with van der Waals surface area (Å²) in [4.78, 5) is 4.65. The van der Waals surface area contributed by atoms with Crippen molar-refractivity contribution in [3.05, 3.63) is 35.3 Å². The number of rotatable bonds is 0. The van der Waals surface area contributed by atoms with Gasteiger partial charge in [-0.15, -0.1) is 0 Å². The smallest absolute Gasteiger partial charge is 0.295 e. The minimum Gasteiger partial charge on any atom is -0.537 e. The van der Waals surface area contributed by atoms with Crippen LogP contribution in [0.2, 0.25) is 13.1 Å². The van der Waals surface area contributed by atoms with Crippen molar-refractivity contribution < 1.29 is 4.43 Å². The van der Waals surface area contributed by atoms with Crippen molar-refractivity contribution in [2.24, 2.45) is 0 Å². The molecule has 0 atom stereocenters. The Labute approximate surface area is 109 Å². The monoisotopic (exact) mass is 258 g/mol. The molecule has 1 aromatic heterocycles. The third-order valence-corrected chi connectivity index (χ3v) is 6.04. The number of aromatic nitrogens is 2. The second-order valence-corrected chi connectivity index (χ2v) is 9.16. The zero-order valence-corrected chi connectivity index (χ0v) is 12.5. The van der Waals surface area contributed by atoms with Crippen molar-refractivity contribution >= 4 is 13.6 Å². The Bertz CT molecular complexity index is 643. The van der Waals surface area contributed by atoms with E-state index < -0.39 is 8.32 Å². The molecule has 2 heterocycles. The zero-order chi connectivity index (χ0) is 13.1. The van der Waals surface area contributed by atoms with Crippen LogP contribution >= 0.6 is 0 Å². The summed E-state index contributed by atoms with van der Waals surface area (Å²) in [7, 11) is -1.91. The lowest BCUT2D eigenvalue weighted by atomic mass is 10.2. The summed E-state index contributed by atoms with van der Waals surface area (Å²) >= 11 is 0. The SMILES string of the molecule is Cc1cccc2c1-n1c(C)nc(C)c1[Si](C)(C)O2. The van der Waals surface area contributed by atoms with E-state index in [1.54, 1.807) is 0 Å². The molecule has 2 aromatic rings. The van der Waals surface area contributed by atoms with Gasteiger partial charge in [0.15, 0.2) is 0 Å². The predicted molar refractivity (Wildman–Crippen MR) is 75.5 cm³/mol. The summed E-state index contributed by atoms with van der Waals surface area (Å²) < 4.78 is 8.60. The molecule has 0 spiro atoms. The Morgan fingerprint density at radius 2 is 1.89 bits per heavy atom. The van der Waals surface area contributed by atoms with E-state index in [-0.39, 0.29) is 0 Å². The Morgan fingerprint density at radius 3 is 2.61 bits per heavy atom. The molecule has 0 unspecified atom stereocenters. The molecule has 3 nitrogen and oxygen atoms in total. The molecular weight excluding hydrogens is 240 g/mol. The summed E-state index contributed by atoms with van der Waals surface area (Å²) in [5.41, 5.74) is 3.51. The van der Waals surface area contributed by atoms with Gasteiger partial charge in [-0.2, -0.15) is 0 Å². The lowest BCUT2D eigenvalue weighted by Crippen LogP contribution is -2.55. The summed E-state index contributed by atoms with van der Waals surface area (Å²) in [6, 6.07) is 6.25. The highest BCUT2D eigenvalue weighted by molar-refractivity contribution is 6.85. The predicted octanol–water partition coefficient (Wildman–Crippen LogP) is 2.60. The molecule has 4 heteroatoms. The molecule has 0 N–H and O–H groups in total. The molecular formula is C14H18N2OSi. The molecule has 0 radical (unpaired) electrons. The van der Waals surface area contributed by atoms with Crippen LogP contribution < -0.4 is 9.74 Å². The largest absolute Gasteiger partial charge is 0.537 e. The quantitative estimate of drug-likeness (QED) is 0.679. The molecule has 3 rings (SSSR count). The standard InChI is InChI=1S/C14H18N2OSi/c1-9-7-6-8-12-13(9)16-11(3)15-10(2)14(16)18(4,5)17-12/h6-8H,1-5H3. The summed E-state index contributed by atoms with van der Waals surface area (Å²) in [6.07, 6.45) is 0. The number of hydrogen-bond acceptors (Lipinski definition) is 2. The van der Waals surface area contributed by atoms with E-state index in [4.69, 9.17) is 4.43 Å². The maximum absolute atomic E-state index is 6.30. The van der Waals surface area contributed by atoms with Gasteiger partial charge >= 0.3 is 0 Å². The zero-order valence-electron chi connectivity index (χ0n) is 11.5. The van der Waals surface area contributed by atoms with Crippen LogP contribution in [0.4, 0.5) is 0 Å². The molecule has 0 bridgehead atoms. The third-order valence-electron chi connectivity index (χ3n) is 3.58. The fraction of sp³-hybridized carbons (Fsp3) is 0.357. The van der Waals surface area contributed by atoms with Crippen molar-refractivity contribution in [3.8, 4) is 11.4 Å². The molecule has 0 amide bonds. The molecule has 0 saturated heterocycles. The summed E-state index contributed by atoms with van der Waals surface area (Å²) in [5.74, 6) is 2.06. The number of fused-ring (bicyclic) bond motifs is 3. The second-order valence-electron chi connectivity index (χ2n) is 5.46. The van der Waals surface area contributed by atoms with Crippen LogP contribution in [0, 0.1) is 20.8 Å². The van der Waals surface area contributed by atoms with Crippen LogP contribution in [-0.4, -0.2) is 17.9 Å². The van der Waals surface area contributed by atoms with Gasteiger partial charge in [0.1, 0.15) is 11.6 Å². The molecule has 1 aliphatic rings. The van der Waals surface area contributed by atoms with Gasteiger partial charge in [-0.25, -0.2) is 4.98 Å². The first-order valence-electron chi connectivity index (χ1n) is 6.27. The minimum absolute atomic E-state index is 1.000. The van der Waals surface area contributed by atoms with Gasteiger partial charge < -0.3 is 4.43 Å². The van der Waals surface area contributed by atoms with E-state index in [2.05, 4.69) is 61.6 Å². The number of hydrogen-bond donors (Lipinski definition) is 0. The van der Waals surface area contributed by atoms with Crippen molar-refractivity contribution in [1.29, 1.82) is 0 Å². The van der Waals surface area contributed by atoms with Gasteiger partial charge in [0, 0.05) is 0 Å². The highest BCUT2D eigenvalue weighted by Gasteiger charge is 2.39. The van der Waals surface area contributed by atoms with E-state index in [0.29, 0.717) is 0 Å². The van der Waals surface area contributed by atoms with Crippen LogP contribution in [0.5, 0.6) is 5.75 Å². The third kappa shape index (κ3) is 1.38. The highest BCUT2D eigenvalue weighted by Crippen LogP contribution is 2.33. The number of nitrogens with zero attached hydrogens (tertiary/aromatic N) is 2. The minimum atomic E-state index is -1.91. The van der Waals surface area contributed by atoms with Gasteiger partial charge in [0.05, 0.1) is 16.7 Å². The number of aryl methyl sites for hydroxylation is 3. The van der Waals surface area contributed by atoms with Gasteiger partial charge in [-0.3, -0.25) is 4.57 Å². The van der Waals surface area contributed by atoms with Gasteiger partial charge in [-0.1, -0.05) is 12.1 Å². The van der Waals surface area contributed by atoms with Gasteiger partial charge in [0.25, 0.3) is 8.32 Å².